The van der Waals surface area contributed by atoms with Gasteiger partial charge in [0.05, 0.1) is 31.5 Å². The van der Waals surface area contributed by atoms with Gasteiger partial charge in [0.2, 0.25) is 0 Å². The molecule has 6 heteroatoms. The Balaban J connectivity index is 1.86. The Morgan fingerprint density at radius 1 is 1.32 bits per heavy atom. The van der Waals surface area contributed by atoms with Crippen LogP contribution >= 0.6 is 11.6 Å². The summed E-state index contributed by atoms with van der Waals surface area (Å²) in [6.45, 7) is 2.50. The maximum atomic E-state index is 11.3. The van der Waals surface area contributed by atoms with E-state index < -0.39 is 0 Å². The van der Waals surface area contributed by atoms with Crippen molar-refractivity contribution in [1.82, 2.24) is 0 Å². The Morgan fingerprint density at radius 2 is 2.13 bits per heavy atom. The number of aliphatic hydroxyl groups is 1. The van der Waals surface area contributed by atoms with E-state index in [4.69, 9.17) is 21.1 Å². The highest BCUT2D eigenvalue weighted by atomic mass is 35.5. The maximum Gasteiger partial charge on any atom is 0.0973 e. The molecule has 170 valence electrons. The van der Waals surface area contributed by atoms with Gasteiger partial charge in [0, 0.05) is 25.0 Å². The topological polar surface area (TPSA) is 68.1 Å². The molecule has 2 unspecified atom stereocenters. The van der Waals surface area contributed by atoms with Crippen molar-refractivity contribution in [3.8, 4) is 0 Å². The van der Waals surface area contributed by atoms with Crippen LogP contribution in [-0.2, 0) is 22.3 Å². The molecule has 0 spiro atoms. The number of hydrogen-bond acceptors (Lipinski definition) is 5. The van der Waals surface area contributed by atoms with Gasteiger partial charge < -0.3 is 14.6 Å². The lowest BCUT2D eigenvalue weighted by Crippen LogP contribution is -2.33. The van der Waals surface area contributed by atoms with Crippen LogP contribution in [-0.4, -0.2) is 37.6 Å². The van der Waals surface area contributed by atoms with Crippen molar-refractivity contribution in [2.75, 3.05) is 20.3 Å². The summed E-state index contributed by atoms with van der Waals surface area (Å²) < 4.78 is 11.4. The Kier molecular flexibility index (Phi) is 9.27. The molecule has 2 aliphatic rings. The lowest BCUT2D eigenvalue weighted by atomic mass is 9.89. The molecule has 0 bridgehead atoms. The van der Waals surface area contributed by atoms with E-state index in [1.807, 2.05) is 6.07 Å². The summed E-state index contributed by atoms with van der Waals surface area (Å²) in [5.74, 6) is 0.868. The molecule has 1 saturated carbocycles. The molecule has 2 fully saturated rings. The van der Waals surface area contributed by atoms with Crippen LogP contribution in [0, 0.1) is 10.8 Å². The number of nitrogens with zero attached hydrogens (tertiary/aromatic N) is 1. The lowest BCUT2D eigenvalue weighted by molar-refractivity contribution is -0.0800. The van der Waals surface area contributed by atoms with E-state index in [1.165, 1.54) is 18.4 Å². The van der Waals surface area contributed by atoms with Crippen molar-refractivity contribution in [2.24, 2.45) is 11.1 Å². The van der Waals surface area contributed by atoms with Crippen molar-refractivity contribution in [1.29, 1.82) is 0 Å². The molecule has 1 saturated heterocycles. The molecule has 5 nitrogen and oxygen atoms in total. The van der Waals surface area contributed by atoms with E-state index in [-0.39, 0.29) is 24.9 Å². The SMILES string of the molecule is C/C=C(\C=C/CC1CC1)Cc1cc(C2CC(N=O)C[C@@H](CO)O2)c(CCOC)cc1Cl. The summed E-state index contributed by atoms with van der Waals surface area (Å²) in [4.78, 5) is 11.3. The van der Waals surface area contributed by atoms with Crippen LogP contribution in [0.5, 0.6) is 0 Å². The predicted molar refractivity (Wildman–Crippen MR) is 124 cm³/mol. The zero-order valence-corrected chi connectivity index (χ0v) is 19.3. The molecule has 1 aliphatic heterocycles. The summed E-state index contributed by atoms with van der Waals surface area (Å²) in [6.07, 6.45) is 12.2. The normalized spacial score (nSPS) is 24.6. The largest absolute Gasteiger partial charge is 0.394 e. The molecule has 1 aromatic carbocycles. The number of hydrogen-bond donors (Lipinski definition) is 1. The minimum Gasteiger partial charge on any atom is -0.394 e. The summed E-state index contributed by atoms with van der Waals surface area (Å²) >= 11 is 6.69. The molecular formula is C25H34ClNO4. The summed E-state index contributed by atoms with van der Waals surface area (Å²) in [5.41, 5.74) is 4.33. The Bertz CT molecular complexity index is 803. The number of allylic oxidation sites excluding steroid dienone is 4. The number of ether oxygens (including phenoxy) is 2. The van der Waals surface area contributed by atoms with Crippen LogP contribution in [0.1, 0.15) is 61.8 Å². The fourth-order valence-electron chi connectivity index (χ4n) is 4.18. The van der Waals surface area contributed by atoms with Gasteiger partial charge in [-0.25, -0.2) is 0 Å². The summed E-state index contributed by atoms with van der Waals surface area (Å²) in [7, 11) is 1.67. The first kappa shape index (κ1) is 24.1. The molecule has 1 heterocycles. The first-order chi connectivity index (χ1) is 15.1. The number of aliphatic hydroxyl groups excluding tert-OH is 1. The van der Waals surface area contributed by atoms with Crippen LogP contribution < -0.4 is 0 Å². The molecule has 31 heavy (non-hydrogen) atoms. The number of rotatable bonds is 11. The average molecular weight is 448 g/mol. The second-order valence-electron chi connectivity index (χ2n) is 8.67. The maximum absolute atomic E-state index is 11.3. The Morgan fingerprint density at radius 3 is 2.77 bits per heavy atom. The molecule has 3 atom stereocenters. The zero-order chi connectivity index (χ0) is 22.2. The molecule has 0 aromatic heterocycles. The molecule has 0 radical (unpaired) electrons. The van der Waals surface area contributed by atoms with Crippen molar-refractivity contribution in [3.63, 3.8) is 0 Å². The number of nitroso groups, excluding NO2 is 1. The van der Waals surface area contributed by atoms with E-state index in [2.05, 4.69) is 36.4 Å². The predicted octanol–water partition coefficient (Wildman–Crippen LogP) is 5.72. The van der Waals surface area contributed by atoms with Crippen molar-refractivity contribution >= 4 is 11.6 Å². The molecular weight excluding hydrogens is 414 g/mol. The Labute approximate surface area is 190 Å². The van der Waals surface area contributed by atoms with Crippen molar-refractivity contribution in [3.05, 3.63) is 62.6 Å². The van der Waals surface area contributed by atoms with Crippen LogP contribution in [0.25, 0.3) is 0 Å². The van der Waals surface area contributed by atoms with Crippen LogP contribution in [0.15, 0.2) is 41.1 Å². The minimum atomic E-state index is -0.382. The highest BCUT2D eigenvalue weighted by molar-refractivity contribution is 6.31. The number of methoxy groups -OCH3 is 1. The number of halogens is 1. The van der Waals surface area contributed by atoms with E-state index in [9.17, 15) is 10.0 Å². The molecule has 1 aliphatic carbocycles. The Hall–Kier alpha value is -1.53. The van der Waals surface area contributed by atoms with Crippen LogP contribution in [0.3, 0.4) is 0 Å². The third-order valence-corrected chi connectivity index (χ3v) is 6.58. The number of benzene rings is 1. The van der Waals surface area contributed by atoms with E-state index in [0.29, 0.717) is 25.9 Å². The molecule has 1 aromatic rings. The van der Waals surface area contributed by atoms with E-state index in [0.717, 1.165) is 40.5 Å². The first-order valence-electron chi connectivity index (χ1n) is 11.3. The van der Waals surface area contributed by atoms with Gasteiger partial charge in [0.15, 0.2) is 0 Å². The smallest absolute Gasteiger partial charge is 0.0973 e. The minimum absolute atomic E-state index is 0.120. The van der Waals surface area contributed by atoms with Gasteiger partial charge in [-0.3, -0.25) is 0 Å². The first-order valence-corrected chi connectivity index (χ1v) is 11.7. The summed E-state index contributed by atoms with van der Waals surface area (Å²) in [5, 5.41) is 13.6. The van der Waals surface area contributed by atoms with Crippen LogP contribution in [0.2, 0.25) is 5.02 Å². The van der Waals surface area contributed by atoms with Gasteiger partial charge in [0.25, 0.3) is 0 Å². The quantitative estimate of drug-likeness (QED) is 0.348. The van der Waals surface area contributed by atoms with Crippen molar-refractivity contribution < 1.29 is 14.6 Å². The second-order valence-corrected chi connectivity index (χ2v) is 9.07. The van der Waals surface area contributed by atoms with Crippen LogP contribution in [0.4, 0.5) is 0 Å². The lowest BCUT2D eigenvalue weighted by Gasteiger charge is -2.33. The molecule has 1 N–H and O–H groups in total. The van der Waals surface area contributed by atoms with E-state index >= 15 is 0 Å². The fraction of sp³-hybridized carbons (Fsp3) is 0.600. The van der Waals surface area contributed by atoms with Gasteiger partial charge in [-0.1, -0.05) is 41.1 Å². The van der Waals surface area contributed by atoms with Gasteiger partial charge in [-0.15, -0.1) is 0 Å². The highest BCUT2D eigenvalue weighted by Crippen LogP contribution is 2.37. The fourth-order valence-corrected chi connectivity index (χ4v) is 4.43. The van der Waals surface area contributed by atoms with E-state index in [1.54, 1.807) is 7.11 Å². The third kappa shape index (κ3) is 6.98. The van der Waals surface area contributed by atoms with Gasteiger partial charge in [0.1, 0.15) is 0 Å². The highest BCUT2D eigenvalue weighted by Gasteiger charge is 2.32. The van der Waals surface area contributed by atoms with Crippen molar-refractivity contribution in [2.45, 2.75) is 70.1 Å². The average Bonchev–Trinajstić information content (AvgIpc) is 3.62. The molecule has 3 rings (SSSR count). The monoisotopic (exact) mass is 447 g/mol. The summed E-state index contributed by atoms with van der Waals surface area (Å²) in [6, 6.07) is 3.75. The standard InChI is InChI=1S/C25H34ClNO4/c1-3-17(5-4-6-18-7-8-18)11-20-12-23(19(9-10-30-2)13-24(20)26)25-15-21(27-29)14-22(16-28)31-25/h3-5,12-13,18,21-22,25,28H,6-11,14-16H2,1-2H3/b5-4-,17-3+/t21?,22-,25?/m0/s1. The van der Waals surface area contributed by atoms with Gasteiger partial charge in [-0.2, -0.15) is 4.91 Å². The van der Waals surface area contributed by atoms with Gasteiger partial charge in [-0.05, 0) is 73.3 Å². The zero-order valence-electron chi connectivity index (χ0n) is 18.6. The molecule has 0 amide bonds. The van der Waals surface area contributed by atoms with Gasteiger partial charge >= 0.3 is 0 Å². The second kappa shape index (κ2) is 11.9. The third-order valence-electron chi connectivity index (χ3n) is 6.22.